The molecule has 2 N–H and O–H groups in total. The molecule has 2 aromatic carbocycles. The number of nitrogens with zero attached hydrogens (tertiary/aromatic N) is 2. The van der Waals surface area contributed by atoms with Crippen LogP contribution in [0, 0.1) is 18.6 Å². The van der Waals surface area contributed by atoms with E-state index in [2.05, 4.69) is 15.2 Å². The van der Waals surface area contributed by atoms with Crippen LogP contribution in [0.5, 0.6) is 0 Å². The minimum atomic E-state index is -0.964. The number of fused-ring (bicyclic) bond motifs is 2. The molecule has 1 aromatic heterocycles. The highest BCUT2D eigenvalue weighted by atomic mass is 19.2. The summed E-state index contributed by atoms with van der Waals surface area (Å²) in [6.07, 6.45) is 2.40. The van der Waals surface area contributed by atoms with Crippen molar-refractivity contribution in [1.29, 1.82) is 0 Å². The lowest BCUT2D eigenvalue weighted by molar-refractivity contribution is -0.110. The van der Waals surface area contributed by atoms with Crippen molar-refractivity contribution in [3.8, 4) is 11.1 Å². The van der Waals surface area contributed by atoms with Gasteiger partial charge in [-0.25, -0.2) is 8.78 Å². The summed E-state index contributed by atoms with van der Waals surface area (Å²) < 4.78 is 34.2. The predicted molar refractivity (Wildman–Crippen MR) is 141 cm³/mol. The van der Waals surface area contributed by atoms with E-state index >= 15 is 0 Å². The maximum Gasteiger partial charge on any atom is 0.256 e. The van der Waals surface area contributed by atoms with E-state index in [-0.39, 0.29) is 17.4 Å². The Morgan fingerprint density at radius 3 is 2.55 bits per heavy atom. The van der Waals surface area contributed by atoms with Crippen LogP contribution in [-0.2, 0) is 16.0 Å². The Bertz CT molecular complexity index is 1470. The number of anilines is 1. The van der Waals surface area contributed by atoms with Gasteiger partial charge < -0.3 is 19.9 Å². The van der Waals surface area contributed by atoms with Crippen LogP contribution in [-0.4, -0.2) is 72.5 Å². The van der Waals surface area contributed by atoms with Crippen LogP contribution >= 0.6 is 0 Å². The molecule has 3 aliphatic rings. The number of nitrogens with one attached hydrogen (secondary N) is 2. The van der Waals surface area contributed by atoms with Crippen molar-refractivity contribution in [3.05, 3.63) is 76.1 Å². The summed E-state index contributed by atoms with van der Waals surface area (Å²) in [5.74, 6) is -2.27. The van der Waals surface area contributed by atoms with Gasteiger partial charge in [-0.2, -0.15) is 0 Å². The predicted octanol–water partition coefficient (Wildman–Crippen LogP) is 4.09. The molecule has 1 saturated heterocycles. The molecular weight excluding hydrogens is 490 g/mol. The van der Waals surface area contributed by atoms with Gasteiger partial charge in [0, 0.05) is 67.3 Å². The molecule has 0 atom stereocenters. The molecule has 3 aromatic rings. The number of halogens is 2. The molecule has 1 fully saturated rings. The zero-order valence-corrected chi connectivity index (χ0v) is 21.1. The number of rotatable bonds is 5. The molecule has 2 amide bonds. The van der Waals surface area contributed by atoms with Crippen LogP contribution in [0.4, 0.5) is 14.5 Å². The molecule has 0 aliphatic carbocycles. The van der Waals surface area contributed by atoms with Crippen LogP contribution in [0.2, 0.25) is 0 Å². The molecule has 4 heterocycles. The number of hydrogen-bond donors (Lipinski definition) is 2. The monoisotopic (exact) mass is 518 g/mol. The highest BCUT2D eigenvalue weighted by Gasteiger charge is 2.32. The summed E-state index contributed by atoms with van der Waals surface area (Å²) in [7, 11) is 0. The molecule has 6 rings (SSSR count). The highest BCUT2D eigenvalue weighted by Crippen LogP contribution is 2.42. The number of hydrogen-bond acceptors (Lipinski definition) is 4. The Kier molecular flexibility index (Phi) is 6.33. The van der Waals surface area contributed by atoms with E-state index in [0.717, 1.165) is 50.2 Å². The van der Waals surface area contributed by atoms with Crippen molar-refractivity contribution in [2.45, 2.75) is 13.3 Å². The minimum Gasteiger partial charge on any atom is -0.379 e. The Morgan fingerprint density at radius 1 is 0.974 bits per heavy atom. The van der Waals surface area contributed by atoms with Crippen molar-refractivity contribution >= 4 is 29.2 Å². The highest BCUT2D eigenvalue weighted by molar-refractivity contribution is 6.36. The van der Waals surface area contributed by atoms with Gasteiger partial charge >= 0.3 is 0 Å². The molecule has 0 bridgehead atoms. The van der Waals surface area contributed by atoms with E-state index < -0.39 is 11.6 Å². The first-order valence-electron chi connectivity index (χ1n) is 12.8. The lowest BCUT2D eigenvalue weighted by Gasteiger charge is -2.32. The number of ether oxygens (including phenoxy) is 1. The van der Waals surface area contributed by atoms with Crippen molar-refractivity contribution in [1.82, 2.24) is 14.8 Å². The van der Waals surface area contributed by atoms with Crippen LogP contribution < -0.4 is 5.32 Å². The molecular formula is C29H28F2N4O3. The first-order chi connectivity index (χ1) is 18.4. The number of benzene rings is 2. The van der Waals surface area contributed by atoms with E-state index in [1.54, 1.807) is 24.3 Å². The van der Waals surface area contributed by atoms with Gasteiger partial charge in [-0.05, 0) is 36.3 Å². The normalized spacial score (nSPS) is 18.6. The number of amides is 2. The van der Waals surface area contributed by atoms with Gasteiger partial charge in [0.2, 0.25) is 0 Å². The second-order valence-corrected chi connectivity index (χ2v) is 9.86. The van der Waals surface area contributed by atoms with E-state index in [1.807, 2.05) is 11.8 Å². The van der Waals surface area contributed by atoms with Crippen LogP contribution in [0.3, 0.4) is 0 Å². The number of carbonyl (C=O) groups is 2. The fourth-order valence-corrected chi connectivity index (χ4v) is 5.58. The first-order valence-corrected chi connectivity index (χ1v) is 12.8. The lowest BCUT2D eigenvalue weighted by Crippen LogP contribution is -2.45. The van der Waals surface area contributed by atoms with Gasteiger partial charge in [0.25, 0.3) is 11.8 Å². The molecule has 196 valence electrons. The average Bonchev–Trinajstić information content (AvgIpc) is 3.42. The molecule has 0 saturated carbocycles. The first kappa shape index (κ1) is 24.5. The number of carbonyl (C=O) groups excluding carboxylic acids is 2. The Hall–Kier alpha value is -3.82. The fraction of sp³-hybridized carbons (Fsp3) is 0.310. The maximum atomic E-state index is 14.7. The smallest absolute Gasteiger partial charge is 0.256 e. The fourth-order valence-electron chi connectivity index (χ4n) is 5.58. The van der Waals surface area contributed by atoms with Crippen molar-refractivity contribution in [2.75, 3.05) is 51.3 Å². The summed E-state index contributed by atoms with van der Waals surface area (Å²) in [4.78, 5) is 34.0. The third-order valence-electron chi connectivity index (χ3n) is 7.65. The lowest BCUT2D eigenvalue weighted by atomic mass is 9.93. The van der Waals surface area contributed by atoms with Gasteiger partial charge in [0.05, 0.1) is 24.4 Å². The molecule has 0 unspecified atom stereocenters. The molecule has 3 aliphatic heterocycles. The summed E-state index contributed by atoms with van der Waals surface area (Å²) in [5, 5.41) is 2.83. The van der Waals surface area contributed by atoms with E-state index in [9.17, 15) is 18.4 Å². The summed E-state index contributed by atoms with van der Waals surface area (Å²) in [6.45, 7) is 7.14. The Labute approximate surface area is 219 Å². The van der Waals surface area contributed by atoms with E-state index in [4.69, 9.17) is 4.74 Å². The summed E-state index contributed by atoms with van der Waals surface area (Å²) in [5.41, 5.74) is 4.79. The van der Waals surface area contributed by atoms with Crippen molar-refractivity contribution in [2.24, 2.45) is 0 Å². The van der Waals surface area contributed by atoms with Gasteiger partial charge in [0.15, 0.2) is 11.6 Å². The SMILES string of the molecule is Cc1c(/C=C2\C(=O)Nc3cccc(-c4cccc(F)c4F)c32)[nH]c2c1C(=O)N(CCN1CCOCC1)CC2. The third-order valence-corrected chi connectivity index (χ3v) is 7.65. The Balaban J connectivity index is 1.33. The summed E-state index contributed by atoms with van der Waals surface area (Å²) in [6, 6.07) is 9.11. The number of aromatic amines is 1. The standard InChI is InChI=1S/C29H28F2N4O3/c1-17-24(32-23-8-9-35(29(37)25(17)23)11-10-34-12-14-38-15-13-34)16-20-26-18(4-3-7-22(26)33-28(20)36)19-5-2-6-21(30)27(19)31/h2-7,16,32H,8-15H2,1H3,(H,33,36)/b20-16-. The van der Waals surface area contributed by atoms with E-state index in [1.165, 1.54) is 12.1 Å². The van der Waals surface area contributed by atoms with Gasteiger partial charge in [-0.15, -0.1) is 0 Å². The molecule has 7 nitrogen and oxygen atoms in total. The number of aromatic nitrogens is 1. The van der Waals surface area contributed by atoms with Crippen LogP contribution in [0.1, 0.15) is 32.9 Å². The Morgan fingerprint density at radius 2 is 1.74 bits per heavy atom. The average molecular weight is 519 g/mol. The zero-order chi connectivity index (χ0) is 26.4. The van der Waals surface area contributed by atoms with Gasteiger partial charge in [-0.3, -0.25) is 14.5 Å². The van der Waals surface area contributed by atoms with E-state index in [0.29, 0.717) is 53.2 Å². The second kappa shape index (κ2) is 9.81. The van der Waals surface area contributed by atoms with Crippen molar-refractivity contribution in [3.63, 3.8) is 0 Å². The minimum absolute atomic E-state index is 0.0169. The molecule has 9 heteroatoms. The van der Waals surface area contributed by atoms with Gasteiger partial charge in [-0.1, -0.05) is 24.3 Å². The number of morpholine rings is 1. The third kappa shape index (κ3) is 4.21. The molecule has 0 spiro atoms. The number of H-pyrrole nitrogens is 1. The topological polar surface area (TPSA) is 77.7 Å². The van der Waals surface area contributed by atoms with Gasteiger partial charge in [0.1, 0.15) is 0 Å². The summed E-state index contributed by atoms with van der Waals surface area (Å²) >= 11 is 0. The maximum absolute atomic E-state index is 14.7. The van der Waals surface area contributed by atoms with Crippen molar-refractivity contribution < 1.29 is 23.1 Å². The van der Waals surface area contributed by atoms with Crippen LogP contribution in [0.25, 0.3) is 22.8 Å². The molecule has 38 heavy (non-hydrogen) atoms. The largest absolute Gasteiger partial charge is 0.379 e. The quantitative estimate of drug-likeness (QED) is 0.499. The zero-order valence-electron chi connectivity index (χ0n) is 21.1. The second-order valence-electron chi connectivity index (χ2n) is 9.86. The van der Waals surface area contributed by atoms with Crippen LogP contribution in [0.15, 0.2) is 36.4 Å². The molecule has 0 radical (unpaired) electrons.